The van der Waals surface area contributed by atoms with Crippen molar-refractivity contribution < 1.29 is 8.42 Å². The molecule has 0 spiro atoms. The van der Waals surface area contributed by atoms with Crippen LogP contribution >= 0.6 is 0 Å². The van der Waals surface area contributed by atoms with Crippen LogP contribution in [-0.2, 0) is 16.4 Å². The second-order valence-electron chi connectivity index (χ2n) is 3.45. The number of rotatable bonds is 3. The van der Waals surface area contributed by atoms with Gasteiger partial charge in [-0.1, -0.05) is 0 Å². The molecule has 5 nitrogen and oxygen atoms in total. The Kier molecular flexibility index (Phi) is 2.84. The predicted octanol–water partition coefficient (Wildman–Crippen LogP) is -0.162. The molecule has 0 aliphatic rings. The van der Waals surface area contributed by atoms with Crippen LogP contribution in [0.1, 0.15) is 11.3 Å². The van der Waals surface area contributed by atoms with Crippen molar-refractivity contribution in [2.24, 2.45) is 0 Å². The molecule has 1 aromatic heterocycles. The lowest BCUT2D eigenvalue weighted by molar-refractivity contribution is 0.580. The van der Waals surface area contributed by atoms with Gasteiger partial charge in [-0.2, -0.15) is 0 Å². The maximum atomic E-state index is 11.4. The lowest BCUT2D eigenvalue weighted by Gasteiger charge is -1.99. The molecule has 80 valence electrons. The lowest BCUT2D eigenvalue weighted by Crippen LogP contribution is -2.22. The SMILES string of the molecule is Cc1[nH]n(CCS(C)(=O)=O)c(=O)c1C. The van der Waals surface area contributed by atoms with E-state index in [9.17, 15) is 13.2 Å². The highest BCUT2D eigenvalue weighted by Crippen LogP contribution is 1.96. The van der Waals surface area contributed by atoms with Gasteiger partial charge in [0.1, 0.15) is 9.84 Å². The third kappa shape index (κ3) is 2.47. The first-order valence-corrected chi connectivity index (χ1v) is 6.31. The van der Waals surface area contributed by atoms with Crippen molar-refractivity contribution in [3.8, 4) is 0 Å². The number of aryl methyl sites for hydroxylation is 2. The molecule has 0 atom stereocenters. The van der Waals surface area contributed by atoms with Crippen molar-refractivity contribution in [3.05, 3.63) is 21.6 Å². The quantitative estimate of drug-likeness (QED) is 0.766. The molecule has 0 unspecified atom stereocenters. The van der Waals surface area contributed by atoms with Gasteiger partial charge in [-0.25, -0.2) is 8.42 Å². The summed E-state index contributed by atoms with van der Waals surface area (Å²) in [5.41, 5.74) is 1.27. The Bertz CT molecular complexity index is 481. The number of aromatic nitrogens is 2. The van der Waals surface area contributed by atoms with Crippen LogP contribution in [0.25, 0.3) is 0 Å². The zero-order valence-electron chi connectivity index (χ0n) is 8.49. The smallest absolute Gasteiger partial charge is 0.269 e. The van der Waals surface area contributed by atoms with Crippen LogP contribution in [0, 0.1) is 13.8 Å². The minimum absolute atomic E-state index is 0.0215. The first-order chi connectivity index (χ1) is 6.31. The van der Waals surface area contributed by atoms with Gasteiger partial charge in [0, 0.05) is 17.5 Å². The fraction of sp³-hybridized carbons (Fsp3) is 0.625. The molecule has 0 bridgehead atoms. The molecule has 0 saturated heterocycles. The molecule has 0 amide bonds. The molecule has 0 fully saturated rings. The fourth-order valence-electron chi connectivity index (χ4n) is 1.11. The standard InChI is InChI=1S/C8H14N2O3S/c1-6-7(2)9-10(8(6)11)4-5-14(3,12)13/h9H,4-5H2,1-3H3. The Morgan fingerprint density at radius 1 is 1.36 bits per heavy atom. The fourth-order valence-corrected chi connectivity index (χ4v) is 1.63. The van der Waals surface area contributed by atoms with Crippen molar-refractivity contribution >= 4 is 9.84 Å². The van der Waals surface area contributed by atoms with Crippen LogP contribution < -0.4 is 5.56 Å². The summed E-state index contributed by atoms with van der Waals surface area (Å²) in [6.45, 7) is 3.69. The lowest BCUT2D eigenvalue weighted by atomic mass is 10.3. The Labute approximate surface area is 82.7 Å². The number of hydrogen-bond donors (Lipinski definition) is 1. The summed E-state index contributed by atoms with van der Waals surface area (Å²) in [6.07, 6.45) is 1.15. The van der Waals surface area contributed by atoms with Crippen molar-refractivity contribution in [3.63, 3.8) is 0 Å². The van der Waals surface area contributed by atoms with Gasteiger partial charge < -0.3 is 0 Å². The third-order valence-corrected chi connectivity index (χ3v) is 3.04. The van der Waals surface area contributed by atoms with Crippen LogP contribution in [0.2, 0.25) is 0 Å². The summed E-state index contributed by atoms with van der Waals surface area (Å²) in [5, 5.41) is 2.82. The average molecular weight is 218 g/mol. The van der Waals surface area contributed by atoms with Crippen molar-refractivity contribution in [2.45, 2.75) is 20.4 Å². The summed E-state index contributed by atoms with van der Waals surface area (Å²) in [6, 6.07) is 0. The average Bonchev–Trinajstić information content (AvgIpc) is 2.28. The Morgan fingerprint density at radius 2 is 1.93 bits per heavy atom. The van der Waals surface area contributed by atoms with E-state index < -0.39 is 9.84 Å². The molecular weight excluding hydrogens is 204 g/mol. The second kappa shape index (κ2) is 3.61. The summed E-state index contributed by atoms with van der Waals surface area (Å²) in [7, 11) is -3.02. The highest BCUT2D eigenvalue weighted by molar-refractivity contribution is 7.90. The van der Waals surface area contributed by atoms with Gasteiger partial charge in [-0.15, -0.1) is 0 Å². The van der Waals surface area contributed by atoms with E-state index in [1.165, 1.54) is 4.68 Å². The zero-order valence-corrected chi connectivity index (χ0v) is 9.31. The van der Waals surface area contributed by atoms with Gasteiger partial charge in [-0.05, 0) is 13.8 Å². The molecule has 0 aliphatic carbocycles. The van der Waals surface area contributed by atoms with Gasteiger partial charge >= 0.3 is 0 Å². The predicted molar refractivity (Wildman–Crippen MR) is 54.2 cm³/mol. The molecule has 1 rings (SSSR count). The van der Waals surface area contributed by atoms with E-state index in [4.69, 9.17) is 0 Å². The molecule has 0 radical (unpaired) electrons. The van der Waals surface area contributed by atoms with E-state index in [-0.39, 0.29) is 17.9 Å². The Balaban J connectivity index is 2.89. The molecule has 1 aromatic rings. The Morgan fingerprint density at radius 3 is 2.29 bits per heavy atom. The molecule has 1 N–H and O–H groups in total. The normalized spacial score (nSPS) is 11.9. The maximum absolute atomic E-state index is 11.4. The van der Waals surface area contributed by atoms with E-state index in [1.807, 2.05) is 0 Å². The number of nitrogens with one attached hydrogen (secondary N) is 1. The van der Waals surface area contributed by atoms with Crippen LogP contribution in [0.15, 0.2) is 4.79 Å². The van der Waals surface area contributed by atoms with Crippen LogP contribution in [0.5, 0.6) is 0 Å². The van der Waals surface area contributed by atoms with E-state index in [0.29, 0.717) is 5.56 Å². The summed E-state index contributed by atoms with van der Waals surface area (Å²) < 4.78 is 23.1. The van der Waals surface area contributed by atoms with Gasteiger partial charge in [0.25, 0.3) is 5.56 Å². The highest BCUT2D eigenvalue weighted by atomic mass is 32.2. The molecule has 14 heavy (non-hydrogen) atoms. The van der Waals surface area contributed by atoms with Gasteiger partial charge in [-0.3, -0.25) is 14.6 Å². The Hall–Kier alpha value is -1.04. The van der Waals surface area contributed by atoms with Gasteiger partial charge in [0.2, 0.25) is 0 Å². The van der Waals surface area contributed by atoms with Crippen LogP contribution in [0.4, 0.5) is 0 Å². The zero-order chi connectivity index (χ0) is 10.9. The van der Waals surface area contributed by atoms with Gasteiger partial charge in [0.15, 0.2) is 0 Å². The van der Waals surface area contributed by atoms with Crippen molar-refractivity contribution in [1.29, 1.82) is 0 Å². The number of nitrogens with zero attached hydrogens (tertiary/aromatic N) is 1. The summed E-state index contributed by atoms with van der Waals surface area (Å²) in [4.78, 5) is 11.4. The first kappa shape index (κ1) is 11.0. The molecule has 1 heterocycles. The molecule has 0 aromatic carbocycles. The first-order valence-electron chi connectivity index (χ1n) is 4.25. The maximum Gasteiger partial charge on any atom is 0.269 e. The summed E-state index contributed by atoms with van der Waals surface area (Å²) in [5.74, 6) is -0.0215. The monoisotopic (exact) mass is 218 g/mol. The van der Waals surface area contributed by atoms with E-state index in [1.54, 1.807) is 13.8 Å². The topological polar surface area (TPSA) is 71.9 Å². The van der Waals surface area contributed by atoms with Crippen molar-refractivity contribution in [1.82, 2.24) is 9.78 Å². The number of aromatic amines is 1. The largest absolute Gasteiger partial charge is 0.300 e. The van der Waals surface area contributed by atoms with Crippen molar-refractivity contribution in [2.75, 3.05) is 12.0 Å². The highest BCUT2D eigenvalue weighted by Gasteiger charge is 2.08. The number of H-pyrrole nitrogens is 1. The second-order valence-corrected chi connectivity index (χ2v) is 5.71. The molecule has 0 saturated carbocycles. The van der Waals surface area contributed by atoms with E-state index in [0.717, 1.165) is 11.9 Å². The number of hydrogen-bond acceptors (Lipinski definition) is 3. The molecular formula is C8H14N2O3S. The minimum atomic E-state index is -3.02. The van der Waals surface area contributed by atoms with Crippen LogP contribution in [0.3, 0.4) is 0 Å². The van der Waals surface area contributed by atoms with E-state index in [2.05, 4.69) is 5.10 Å². The molecule has 6 heteroatoms. The summed E-state index contributed by atoms with van der Waals surface area (Å²) >= 11 is 0. The van der Waals surface area contributed by atoms with Crippen LogP contribution in [-0.4, -0.2) is 30.2 Å². The molecule has 0 aliphatic heterocycles. The van der Waals surface area contributed by atoms with Gasteiger partial charge in [0.05, 0.1) is 12.3 Å². The van der Waals surface area contributed by atoms with E-state index >= 15 is 0 Å². The minimum Gasteiger partial charge on any atom is -0.300 e. The third-order valence-electron chi connectivity index (χ3n) is 2.12. The number of sulfone groups is 1.